The first kappa shape index (κ1) is 26.2. The highest BCUT2D eigenvalue weighted by molar-refractivity contribution is 6.09. The average Bonchev–Trinajstić information content (AvgIpc) is 3.22. The Kier molecular flexibility index (Phi) is 7.96. The Balaban J connectivity index is 1.39. The van der Waals surface area contributed by atoms with Crippen LogP contribution in [0.4, 0.5) is 0 Å². The van der Waals surface area contributed by atoms with Gasteiger partial charge in [-0.15, -0.1) is 0 Å². The molecule has 6 nitrogen and oxygen atoms in total. The van der Waals surface area contributed by atoms with Crippen molar-refractivity contribution in [1.82, 2.24) is 0 Å². The average molecular weight is 517 g/mol. The standard InChI is InChI=1S/C32H36O6/c1-3-5-15-36-24-11-7-20(8-12-24)22-17-23-18-26(21-9-13-25(14-10-21)37-16-6-4-2)29-30(28(23)27(33)19-22)32(35)38-31(29)34/h7-14,22,26,29-30H,3-6,15-19H2,1-2H3/t22-,26-,29+,30-/m0/s1. The van der Waals surface area contributed by atoms with Gasteiger partial charge >= 0.3 is 11.9 Å². The van der Waals surface area contributed by atoms with Gasteiger partial charge in [-0.1, -0.05) is 56.5 Å². The zero-order valence-corrected chi connectivity index (χ0v) is 22.2. The second kappa shape index (κ2) is 11.5. The molecule has 1 fully saturated rings. The maximum atomic E-state index is 13.4. The summed E-state index contributed by atoms with van der Waals surface area (Å²) in [7, 11) is 0. The quantitative estimate of drug-likeness (QED) is 0.210. The first-order chi connectivity index (χ1) is 18.5. The first-order valence-electron chi connectivity index (χ1n) is 14.0. The van der Waals surface area contributed by atoms with Crippen LogP contribution in [0.15, 0.2) is 59.7 Å². The number of carbonyl (C=O) groups excluding carboxylic acids is 3. The smallest absolute Gasteiger partial charge is 0.322 e. The number of benzene rings is 2. The minimum Gasteiger partial charge on any atom is -0.494 e. The van der Waals surface area contributed by atoms with Crippen LogP contribution in [0.3, 0.4) is 0 Å². The normalized spacial score (nSPS) is 24.6. The molecule has 0 N–H and O–H groups in total. The summed E-state index contributed by atoms with van der Waals surface area (Å²) in [5.74, 6) is -1.18. The molecule has 0 bridgehead atoms. The van der Waals surface area contributed by atoms with Crippen molar-refractivity contribution in [3.8, 4) is 11.5 Å². The molecular weight excluding hydrogens is 480 g/mol. The van der Waals surface area contributed by atoms with Crippen molar-refractivity contribution < 1.29 is 28.6 Å². The fourth-order valence-electron chi connectivity index (χ4n) is 6.07. The molecule has 38 heavy (non-hydrogen) atoms. The summed E-state index contributed by atoms with van der Waals surface area (Å²) in [4.78, 5) is 39.1. The Morgan fingerprint density at radius 2 is 1.32 bits per heavy atom. The van der Waals surface area contributed by atoms with Crippen LogP contribution in [0, 0.1) is 11.8 Å². The number of fused-ring (bicyclic) bond motifs is 2. The molecule has 5 rings (SSSR count). The molecule has 0 radical (unpaired) electrons. The lowest BCUT2D eigenvalue weighted by Crippen LogP contribution is -2.37. The van der Waals surface area contributed by atoms with Gasteiger partial charge in [0.25, 0.3) is 0 Å². The van der Waals surface area contributed by atoms with E-state index in [1.165, 1.54) is 0 Å². The molecule has 2 aromatic carbocycles. The van der Waals surface area contributed by atoms with Crippen LogP contribution in [-0.4, -0.2) is 30.9 Å². The maximum Gasteiger partial charge on any atom is 0.322 e. The Morgan fingerprint density at radius 1 is 0.737 bits per heavy atom. The fraction of sp³-hybridized carbons (Fsp3) is 0.469. The third kappa shape index (κ3) is 5.27. The van der Waals surface area contributed by atoms with E-state index in [4.69, 9.17) is 14.2 Å². The summed E-state index contributed by atoms with van der Waals surface area (Å²) in [6.45, 7) is 5.61. The van der Waals surface area contributed by atoms with Gasteiger partial charge in [-0.25, -0.2) is 0 Å². The Morgan fingerprint density at radius 3 is 1.89 bits per heavy atom. The molecule has 1 saturated heterocycles. The minimum atomic E-state index is -0.806. The Hall–Kier alpha value is -3.41. The van der Waals surface area contributed by atoms with Crippen molar-refractivity contribution >= 4 is 17.7 Å². The molecule has 1 aliphatic heterocycles. The van der Waals surface area contributed by atoms with Crippen molar-refractivity contribution in [1.29, 1.82) is 0 Å². The first-order valence-corrected chi connectivity index (χ1v) is 14.0. The largest absolute Gasteiger partial charge is 0.494 e. The molecular formula is C32H36O6. The number of ether oxygens (including phenoxy) is 3. The highest BCUT2D eigenvalue weighted by Crippen LogP contribution is 2.53. The number of ketones is 1. The van der Waals surface area contributed by atoms with E-state index in [0.29, 0.717) is 38.0 Å². The lowest BCUT2D eigenvalue weighted by Gasteiger charge is -2.37. The van der Waals surface area contributed by atoms with Gasteiger partial charge in [0, 0.05) is 17.9 Å². The second-order valence-corrected chi connectivity index (χ2v) is 10.6. The summed E-state index contributed by atoms with van der Waals surface area (Å²) in [5, 5.41) is 0. The molecule has 6 heteroatoms. The molecule has 4 atom stereocenters. The number of unbranched alkanes of at least 4 members (excludes halogenated alkanes) is 2. The predicted octanol–water partition coefficient (Wildman–Crippen LogP) is 6.29. The van der Waals surface area contributed by atoms with E-state index >= 15 is 0 Å². The van der Waals surface area contributed by atoms with Crippen molar-refractivity contribution in [2.24, 2.45) is 11.8 Å². The zero-order chi connectivity index (χ0) is 26.6. The van der Waals surface area contributed by atoms with Gasteiger partial charge in [0.15, 0.2) is 5.78 Å². The van der Waals surface area contributed by atoms with E-state index in [9.17, 15) is 14.4 Å². The molecule has 0 unspecified atom stereocenters. The number of hydrogen-bond acceptors (Lipinski definition) is 6. The van der Waals surface area contributed by atoms with Crippen molar-refractivity contribution in [3.05, 3.63) is 70.8 Å². The Bertz CT molecular complexity index is 1210. The van der Waals surface area contributed by atoms with Gasteiger partial charge in [-0.3, -0.25) is 14.4 Å². The third-order valence-electron chi connectivity index (χ3n) is 8.10. The summed E-state index contributed by atoms with van der Waals surface area (Å²) < 4.78 is 16.7. The topological polar surface area (TPSA) is 78.9 Å². The van der Waals surface area contributed by atoms with Crippen LogP contribution in [0.2, 0.25) is 0 Å². The van der Waals surface area contributed by atoms with Gasteiger partial charge < -0.3 is 14.2 Å². The lowest BCUT2D eigenvalue weighted by atomic mass is 9.62. The van der Waals surface area contributed by atoms with E-state index in [1.54, 1.807) is 0 Å². The van der Waals surface area contributed by atoms with E-state index in [0.717, 1.165) is 53.9 Å². The van der Waals surface area contributed by atoms with Gasteiger partial charge in [0.1, 0.15) is 11.5 Å². The minimum absolute atomic E-state index is 0.0330. The number of Topliss-reactive ketones (excluding diaryl/α,β-unsaturated/α-hetero) is 1. The molecule has 1 heterocycles. The van der Waals surface area contributed by atoms with Crippen LogP contribution in [0.1, 0.15) is 81.8 Å². The molecule has 0 saturated carbocycles. The number of cyclic esters (lactones) is 2. The molecule has 3 aliphatic rings. The Labute approximate surface area is 224 Å². The summed E-state index contributed by atoms with van der Waals surface area (Å²) >= 11 is 0. The fourth-order valence-corrected chi connectivity index (χ4v) is 6.07. The van der Waals surface area contributed by atoms with E-state index in [2.05, 4.69) is 13.8 Å². The van der Waals surface area contributed by atoms with E-state index < -0.39 is 23.8 Å². The van der Waals surface area contributed by atoms with Crippen LogP contribution in [0.25, 0.3) is 0 Å². The van der Waals surface area contributed by atoms with Crippen LogP contribution in [0.5, 0.6) is 11.5 Å². The van der Waals surface area contributed by atoms with Gasteiger partial charge in [0.05, 0.1) is 25.0 Å². The summed E-state index contributed by atoms with van der Waals surface area (Å²) in [5.41, 5.74) is 3.56. The number of rotatable bonds is 10. The maximum absolute atomic E-state index is 13.4. The zero-order valence-electron chi connectivity index (χ0n) is 22.2. The van der Waals surface area contributed by atoms with Crippen LogP contribution >= 0.6 is 0 Å². The highest BCUT2D eigenvalue weighted by Gasteiger charge is 2.56. The number of hydrogen-bond donors (Lipinski definition) is 0. The van der Waals surface area contributed by atoms with Crippen LogP contribution < -0.4 is 9.47 Å². The van der Waals surface area contributed by atoms with Crippen molar-refractivity contribution in [3.63, 3.8) is 0 Å². The second-order valence-electron chi connectivity index (χ2n) is 10.6. The molecule has 0 spiro atoms. The molecule has 2 aliphatic carbocycles. The van der Waals surface area contributed by atoms with Gasteiger partial charge in [-0.2, -0.15) is 0 Å². The lowest BCUT2D eigenvalue weighted by molar-refractivity contribution is -0.153. The summed E-state index contributed by atoms with van der Waals surface area (Å²) in [6, 6.07) is 15.8. The number of carbonyl (C=O) groups is 3. The third-order valence-corrected chi connectivity index (χ3v) is 8.10. The van der Waals surface area contributed by atoms with Gasteiger partial charge in [0.2, 0.25) is 0 Å². The predicted molar refractivity (Wildman–Crippen MR) is 143 cm³/mol. The SMILES string of the molecule is CCCCOc1ccc([C@@H]2CC(=O)C3=C(C2)C[C@@H](c2ccc(OCCCC)cc2)[C@H]2C(=O)OC(=O)[C@@H]32)cc1. The van der Waals surface area contributed by atoms with E-state index in [1.807, 2.05) is 48.5 Å². The molecule has 0 aromatic heterocycles. The van der Waals surface area contributed by atoms with Crippen molar-refractivity contribution in [2.75, 3.05) is 13.2 Å². The monoisotopic (exact) mass is 516 g/mol. The molecule has 200 valence electrons. The highest BCUT2D eigenvalue weighted by atomic mass is 16.6. The van der Waals surface area contributed by atoms with E-state index in [-0.39, 0.29) is 17.6 Å². The number of allylic oxidation sites excluding steroid dienone is 1. The van der Waals surface area contributed by atoms with Gasteiger partial charge in [-0.05, 0) is 67.0 Å². The van der Waals surface area contributed by atoms with Crippen molar-refractivity contribution in [2.45, 2.75) is 70.6 Å². The number of esters is 2. The summed E-state index contributed by atoms with van der Waals surface area (Å²) in [6.07, 6.45) is 5.73. The molecule has 0 amide bonds. The molecule has 2 aromatic rings. The van der Waals surface area contributed by atoms with Crippen LogP contribution in [-0.2, 0) is 19.1 Å².